The van der Waals surface area contributed by atoms with Gasteiger partial charge in [0.25, 0.3) is 5.91 Å². The molecule has 0 bridgehead atoms. The molecule has 1 aromatic heterocycles. The Kier molecular flexibility index (Phi) is 6.59. The van der Waals surface area contributed by atoms with Crippen molar-refractivity contribution in [3.8, 4) is 17.0 Å². The molecular weight excluding hydrogens is 446 g/mol. The predicted molar refractivity (Wildman–Crippen MR) is 126 cm³/mol. The standard InChI is InChI=1S/C23H25N3O4S2/c1-16-24-20(15-31-16)17-7-6-8-19(13-17)25-23(27)18-9-10-21(30-2)22(14-18)32(28,29)26-11-4-3-5-12-26/h6-10,13-15H,3-5,11-12H2,1-2H3,(H,25,27). The lowest BCUT2D eigenvalue weighted by Gasteiger charge is -2.26. The second-order valence-corrected chi connectivity index (χ2v) is 10.6. The van der Waals surface area contributed by atoms with Crippen molar-refractivity contribution < 1.29 is 17.9 Å². The quantitative estimate of drug-likeness (QED) is 0.570. The van der Waals surface area contributed by atoms with Crippen molar-refractivity contribution in [1.82, 2.24) is 9.29 Å². The molecule has 9 heteroatoms. The largest absolute Gasteiger partial charge is 0.495 e. The van der Waals surface area contributed by atoms with E-state index >= 15 is 0 Å². The molecule has 1 aliphatic heterocycles. The third-order valence-electron chi connectivity index (χ3n) is 5.39. The normalized spacial score (nSPS) is 14.8. The highest BCUT2D eigenvalue weighted by atomic mass is 32.2. The first-order valence-electron chi connectivity index (χ1n) is 10.4. The Hall–Kier alpha value is -2.75. The van der Waals surface area contributed by atoms with E-state index in [1.165, 1.54) is 23.5 Å². The van der Waals surface area contributed by atoms with Crippen molar-refractivity contribution in [2.75, 3.05) is 25.5 Å². The van der Waals surface area contributed by atoms with E-state index in [4.69, 9.17) is 4.74 Å². The van der Waals surface area contributed by atoms with Gasteiger partial charge in [-0.25, -0.2) is 13.4 Å². The highest BCUT2D eigenvalue weighted by Gasteiger charge is 2.29. The van der Waals surface area contributed by atoms with Gasteiger partial charge >= 0.3 is 0 Å². The summed E-state index contributed by atoms with van der Waals surface area (Å²) in [4.78, 5) is 17.4. The van der Waals surface area contributed by atoms with Crippen LogP contribution in [0.2, 0.25) is 0 Å². The van der Waals surface area contributed by atoms with Crippen molar-refractivity contribution in [3.63, 3.8) is 0 Å². The number of aromatic nitrogens is 1. The molecule has 1 saturated heterocycles. The van der Waals surface area contributed by atoms with Gasteiger partial charge in [-0.1, -0.05) is 18.6 Å². The van der Waals surface area contributed by atoms with E-state index in [9.17, 15) is 13.2 Å². The Balaban J connectivity index is 1.60. The maximum Gasteiger partial charge on any atom is 0.255 e. The van der Waals surface area contributed by atoms with E-state index in [1.807, 2.05) is 30.5 Å². The van der Waals surface area contributed by atoms with Crippen LogP contribution in [0.5, 0.6) is 5.75 Å². The van der Waals surface area contributed by atoms with E-state index in [1.54, 1.807) is 23.5 Å². The lowest BCUT2D eigenvalue weighted by molar-refractivity contribution is 0.102. The lowest BCUT2D eigenvalue weighted by Crippen LogP contribution is -2.35. The van der Waals surface area contributed by atoms with E-state index < -0.39 is 15.9 Å². The number of anilines is 1. The number of nitrogens with zero attached hydrogens (tertiary/aromatic N) is 2. The highest BCUT2D eigenvalue weighted by Crippen LogP contribution is 2.30. The van der Waals surface area contributed by atoms with Gasteiger partial charge < -0.3 is 10.1 Å². The molecule has 7 nitrogen and oxygen atoms in total. The van der Waals surface area contributed by atoms with Crippen molar-refractivity contribution in [3.05, 3.63) is 58.4 Å². The van der Waals surface area contributed by atoms with Crippen LogP contribution in [0, 0.1) is 6.92 Å². The van der Waals surface area contributed by atoms with E-state index in [0.29, 0.717) is 18.8 Å². The molecule has 0 saturated carbocycles. The molecule has 3 aromatic rings. The van der Waals surface area contributed by atoms with Crippen LogP contribution < -0.4 is 10.1 Å². The third kappa shape index (κ3) is 4.69. The monoisotopic (exact) mass is 471 g/mol. The molecule has 1 N–H and O–H groups in total. The number of amides is 1. The topological polar surface area (TPSA) is 88.6 Å². The van der Waals surface area contributed by atoms with Gasteiger partial charge in [0.15, 0.2) is 0 Å². The molecule has 0 radical (unpaired) electrons. The van der Waals surface area contributed by atoms with Gasteiger partial charge in [-0.3, -0.25) is 4.79 Å². The van der Waals surface area contributed by atoms with Gasteiger partial charge in [-0.15, -0.1) is 11.3 Å². The van der Waals surface area contributed by atoms with Gasteiger partial charge in [-0.2, -0.15) is 4.31 Å². The summed E-state index contributed by atoms with van der Waals surface area (Å²) < 4.78 is 33.2. The fourth-order valence-electron chi connectivity index (χ4n) is 3.72. The summed E-state index contributed by atoms with van der Waals surface area (Å²) in [5.74, 6) is -0.164. The van der Waals surface area contributed by atoms with Crippen LogP contribution in [0.4, 0.5) is 5.69 Å². The number of aryl methyl sites for hydroxylation is 1. The zero-order chi connectivity index (χ0) is 22.7. The van der Waals surface area contributed by atoms with Crippen LogP contribution in [0.1, 0.15) is 34.6 Å². The Labute approximate surface area is 192 Å². The number of carbonyl (C=O) groups excluding carboxylic acids is 1. The number of sulfonamides is 1. The molecule has 1 aliphatic rings. The summed E-state index contributed by atoms with van der Waals surface area (Å²) in [5.41, 5.74) is 2.60. The number of thiazole rings is 1. The smallest absolute Gasteiger partial charge is 0.255 e. The molecule has 1 amide bonds. The number of piperidine rings is 1. The molecule has 4 rings (SSSR count). The van der Waals surface area contributed by atoms with Crippen molar-refractivity contribution >= 4 is 33.0 Å². The number of benzene rings is 2. The van der Waals surface area contributed by atoms with E-state index in [-0.39, 0.29) is 16.2 Å². The van der Waals surface area contributed by atoms with Crippen LogP contribution >= 0.6 is 11.3 Å². The minimum atomic E-state index is -3.75. The molecule has 0 atom stereocenters. The predicted octanol–water partition coefficient (Wildman–Crippen LogP) is 4.55. The molecule has 0 aliphatic carbocycles. The van der Waals surface area contributed by atoms with E-state index in [2.05, 4.69) is 10.3 Å². The zero-order valence-corrected chi connectivity index (χ0v) is 19.6. The maximum atomic E-state index is 13.2. The number of methoxy groups -OCH3 is 1. The number of ether oxygens (including phenoxy) is 1. The number of rotatable bonds is 6. The highest BCUT2D eigenvalue weighted by molar-refractivity contribution is 7.89. The van der Waals surface area contributed by atoms with Crippen molar-refractivity contribution in [1.29, 1.82) is 0 Å². The molecule has 0 spiro atoms. The summed E-state index contributed by atoms with van der Waals surface area (Å²) in [6, 6.07) is 11.9. The molecular formula is C23H25N3O4S2. The second-order valence-electron chi connectivity index (χ2n) is 7.62. The zero-order valence-electron chi connectivity index (χ0n) is 18.0. The summed E-state index contributed by atoms with van der Waals surface area (Å²) >= 11 is 1.56. The van der Waals surface area contributed by atoms with Gasteiger partial charge in [0, 0.05) is 35.3 Å². The minimum Gasteiger partial charge on any atom is -0.495 e. The second kappa shape index (κ2) is 9.40. The molecule has 2 heterocycles. The van der Waals surface area contributed by atoms with Crippen molar-refractivity contribution in [2.45, 2.75) is 31.1 Å². The SMILES string of the molecule is COc1ccc(C(=O)Nc2cccc(-c3csc(C)n3)c2)cc1S(=O)(=O)N1CCCCC1. The van der Waals surface area contributed by atoms with Crippen LogP contribution in [-0.2, 0) is 10.0 Å². The average Bonchev–Trinajstić information content (AvgIpc) is 3.25. The van der Waals surface area contributed by atoms with Gasteiger partial charge in [0.05, 0.1) is 17.8 Å². The summed E-state index contributed by atoms with van der Waals surface area (Å²) in [5, 5.41) is 5.80. The van der Waals surface area contributed by atoms with Crippen LogP contribution in [0.15, 0.2) is 52.7 Å². The third-order valence-corrected chi connectivity index (χ3v) is 8.09. The number of carbonyl (C=O) groups is 1. The fraction of sp³-hybridized carbons (Fsp3) is 0.304. The Morgan fingerprint density at radius 3 is 2.59 bits per heavy atom. The minimum absolute atomic E-state index is 0.0150. The number of hydrogen-bond donors (Lipinski definition) is 1. The summed E-state index contributed by atoms with van der Waals surface area (Å²) in [6.07, 6.45) is 2.68. The molecule has 168 valence electrons. The van der Waals surface area contributed by atoms with Crippen molar-refractivity contribution in [2.24, 2.45) is 0 Å². The van der Waals surface area contributed by atoms with Gasteiger partial charge in [-0.05, 0) is 50.1 Å². The Morgan fingerprint density at radius 1 is 1.12 bits per heavy atom. The Bertz CT molecular complexity index is 1230. The lowest BCUT2D eigenvalue weighted by atomic mass is 10.1. The molecule has 2 aromatic carbocycles. The Morgan fingerprint density at radius 2 is 1.91 bits per heavy atom. The summed E-state index contributed by atoms with van der Waals surface area (Å²) in [7, 11) is -2.33. The van der Waals surface area contributed by atoms with Crippen LogP contribution in [-0.4, -0.2) is 43.8 Å². The number of hydrogen-bond acceptors (Lipinski definition) is 6. The fourth-order valence-corrected chi connectivity index (χ4v) is 6.04. The average molecular weight is 472 g/mol. The van der Waals surface area contributed by atoms with Crippen LogP contribution in [0.25, 0.3) is 11.3 Å². The first-order chi connectivity index (χ1) is 15.4. The molecule has 32 heavy (non-hydrogen) atoms. The first-order valence-corrected chi connectivity index (χ1v) is 12.7. The van der Waals surface area contributed by atoms with Crippen LogP contribution in [0.3, 0.4) is 0 Å². The molecule has 1 fully saturated rings. The van der Waals surface area contributed by atoms with Gasteiger partial charge in [0.2, 0.25) is 10.0 Å². The number of nitrogens with one attached hydrogen (secondary N) is 1. The first kappa shape index (κ1) is 22.4. The molecule has 0 unspecified atom stereocenters. The maximum absolute atomic E-state index is 13.2. The van der Waals surface area contributed by atoms with E-state index in [0.717, 1.165) is 35.5 Å². The summed E-state index contributed by atoms with van der Waals surface area (Å²) in [6.45, 7) is 2.90. The van der Waals surface area contributed by atoms with Gasteiger partial charge in [0.1, 0.15) is 10.6 Å².